The molecule has 83 heavy (non-hydrogen) atoms. The Bertz CT molecular complexity index is 2210. The van der Waals surface area contributed by atoms with E-state index in [1.165, 1.54) is 93.4 Å². The van der Waals surface area contributed by atoms with E-state index in [-0.39, 0.29) is 70.3 Å². The molecule has 1 fully saturated rings. The van der Waals surface area contributed by atoms with Crippen molar-refractivity contribution < 1.29 is 38.2 Å². The molecule has 0 N–H and O–H groups in total. The number of cyclic esters (lactones) is 2. The van der Waals surface area contributed by atoms with E-state index in [0.29, 0.717) is 9.81 Å². The molecule has 10 nitrogen and oxygen atoms in total. The molecule has 0 aliphatic carbocycles. The lowest BCUT2D eigenvalue weighted by molar-refractivity contribution is -0.210. The number of ether oxygens (including phenoxy) is 2. The Kier molecular flexibility index (Phi) is 46.8. The summed E-state index contributed by atoms with van der Waals surface area (Å²) in [6.45, 7) is 51.1. The Morgan fingerprint density at radius 1 is 0.470 bits per heavy atom. The number of rotatable bonds is 10. The standard InChI is InChI=1S/2C13H18.2C12H19NO2S.C12H20O4.2C2H6.5CH4/c1-3-5-6-10-13-11-8-7-9-12(13)4-2;1-3-5-6-7-13-10-8-12(4-2)9-11-13;2*1-11(2,3)13-9(14)7-8(10(13)15)16-12(4,5)6;1-11(2,3)7-9(13)16-8(10(14)15-7)12(4,5)6;2*1-2;;;;;/h2*6-11H,3-5H2,1-2H3;2*7H,1-6H3;7-8H,1-6H3;2*1-2H3;5*1H4/b10-6+;7-6+;;;;;;;;;;. The lowest BCUT2D eigenvalue weighted by Gasteiger charge is -2.38. The summed E-state index contributed by atoms with van der Waals surface area (Å²) < 4.78 is 10.3. The smallest absolute Gasteiger partial charge is 0.348 e. The molecular weight excluding hydrogens is 1070 g/mol. The summed E-state index contributed by atoms with van der Waals surface area (Å²) in [7, 11) is 0. The van der Waals surface area contributed by atoms with Crippen LogP contribution in [-0.4, -0.2) is 78.1 Å². The zero-order valence-electron chi connectivity index (χ0n) is 53.5. The number of amides is 4. The molecule has 2 aromatic rings. The summed E-state index contributed by atoms with van der Waals surface area (Å²) in [4.78, 5) is 74.8. The van der Waals surface area contributed by atoms with Gasteiger partial charge in [0.2, 0.25) is 12.2 Å². The summed E-state index contributed by atoms with van der Waals surface area (Å²) >= 11 is 2.89. The van der Waals surface area contributed by atoms with Crippen molar-refractivity contribution in [2.75, 3.05) is 0 Å². The van der Waals surface area contributed by atoms with Gasteiger partial charge in [-0.3, -0.25) is 29.0 Å². The first-order chi connectivity index (χ1) is 35.8. The van der Waals surface area contributed by atoms with Gasteiger partial charge in [-0.2, -0.15) is 0 Å². The van der Waals surface area contributed by atoms with Gasteiger partial charge in [-0.1, -0.05) is 261 Å². The maximum atomic E-state index is 12.1. The van der Waals surface area contributed by atoms with Gasteiger partial charge in [-0.05, 0) is 89.5 Å². The van der Waals surface area contributed by atoms with E-state index in [2.05, 4.69) is 101 Å². The average molecular weight is 1200 g/mol. The molecule has 0 saturated carbocycles. The van der Waals surface area contributed by atoms with Crippen LogP contribution in [-0.2, 0) is 51.1 Å². The van der Waals surface area contributed by atoms with Crippen LogP contribution >= 0.6 is 23.5 Å². The number of carbonyl (C=O) groups excluding carboxylic acids is 6. The predicted molar refractivity (Wildman–Crippen MR) is 369 cm³/mol. The average Bonchev–Trinajstić information content (AvgIpc) is 3.77. The van der Waals surface area contributed by atoms with E-state index in [0.717, 1.165) is 12.8 Å². The molecule has 0 radical (unpaired) electrons. The van der Waals surface area contributed by atoms with Crippen molar-refractivity contribution >= 4 is 71.2 Å². The van der Waals surface area contributed by atoms with Crippen molar-refractivity contribution in [3.63, 3.8) is 0 Å². The third-order valence-electron chi connectivity index (χ3n) is 10.8. The molecule has 0 bridgehead atoms. The molecular formula is C71H126N2O8S2. The van der Waals surface area contributed by atoms with Crippen molar-refractivity contribution in [1.82, 2.24) is 9.80 Å². The largest absolute Gasteiger partial charge is 0.447 e. The van der Waals surface area contributed by atoms with Crippen LogP contribution < -0.4 is 0 Å². The van der Waals surface area contributed by atoms with Gasteiger partial charge in [0.25, 0.3) is 23.6 Å². The Morgan fingerprint density at radius 3 is 1.08 bits per heavy atom. The number of hydrogen-bond acceptors (Lipinski definition) is 10. The van der Waals surface area contributed by atoms with Crippen LogP contribution in [0.3, 0.4) is 0 Å². The fourth-order valence-corrected chi connectivity index (χ4v) is 9.13. The van der Waals surface area contributed by atoms with Gasteiger partial charge >= 0.3 is 11.9 Å². The molecule has 2 aromatic carbocycles. The summed E-state index contributed by atoms with van der Waals surface area (Å²) in [5, 5.41) is 0. The van der Waals surface area contributed by atoms with Crippen LogP contribution in [0.2, 0.25) is 0 Å². The topological polar surface area (TPSA) is 127 Å². The third-order valence-corrected chi connectivity index (χ3v) is 13.0. The highest BCUT2D eigenvalue weighted by atomic mass is 32.2. The van der Waals surface area contributed by atoms with Gasteiger partial charge in [0.1, 0.15) is 0 Å². The lowest BCUT2D eigenvalue weighted by atomic mass is 9.85. The monoisotopic (exact) mass is 1200 g/mol. The molecule has 5 rings (SSSR count). The number of thioether (sulfide) groups is 2. The van der Waals surface area contributed by atoms with E-state index < -0.39 is 46.1 Å². The zero-order chi connectivity index (χ0) is 61.2. The first kappa shape index (κ1) is 92.1. The van der Waals surface area contributed by atoms with Gasteiger partial charge in [-0.15, -0.1) is 23.5 Å². The van der Waals surface area contributed by atoms with Gasteiger partial charge in [0.05, 0.1) is 9.81 Å². The maximum Gasteiger partial charge on any atom is 0.348 e. The Hall–Kier alpha value is -4.68. The minimum absolute atomic E-state index is 0. The SMILES string of the molecule is C.C.C.C.C.CC.CC.CC(C)(C)C1OC(=O)C(C(C)(C)C)OC1=O.CC(C)(C)SC1=CC(=O)N(C(C)(C)C)C1=O.CC(C)(C)SC1=CC(=O)N(C(C)(C)C)C1=O.CCC/C=C/c1ccc(CC)cc1.CCC/C=C/c1ccccc1CC. The second-order valence-corrected chi connectivity index (χ2v) is 28.4. The number of unbranched alkanes of at least 4 members (excludes halogenated alkanes) is 2. The molecule has 480 valence electrons. The first-order valence-corrected chi connectivity index (χ1v) is 29.9. The van der Waals surface area contributed by atoms with Crippen molar-refractivity contribution in [3.8, 4) is 0 Å². The molecule has 3 aliphatic heterocycles. The van der Waals surface area contributed by atoms with Crippen LogP contribution in [0, 0.1) is 10.8 Å². The van der Waals surface area contributed by atoms with Gasteiger partial charge < -0.3 is 9.47 Å². The number of nitrogens with zero attached hydrogens (tertiary/aromatic N) is 2. The minimum atomic E-state index is -0.807. The quantitative estimate of drug-likeness (QED) is 0.168. The lowest BCUT2D eigenvalue weighted by Crippen LogP contribution is -2.53. The molecule has 3 aliphatic rings. The molecule has 0 aromatic heterocycles. The molecule has 3 heterocycles. The van der Waals surface area contributed by atoms with E-state index in [1.807, 2.05) is 152 Å². The molecule has 1 saturated heterocycles. The van der Waals surface area contributed by atoms with Crippen LogP contribution in [0.5, 0.6) is 0 Å². The van der Waals surface area contributed by atoms with Crippen LogP contribution in [0.15, 0.2) is 82.6 Å². The van der Waals surface area contributed by atoms with Gasteiger partial charge in [0.15, 0.2) is 0 Å². The van der Waals surface area contributed by atoms with E-state index in [9.17, 15) is 28.8 Å². The van der Waals surface area contributed by atoms with Crippen LogP contribution in [0.1, 0.15) is 265 Å². The van der Waals surface area contributed by atoms with E-state index in [1.54, 1.807) is 0 Å². The summed E-state index contributed by atoms with van der Waals surface area (Å²) in [6.07, 6.45) is 17.3. The number of imide groups is 2. The zero-order valence-corrected chi connectivity index (χ0v) is 55.1. The highest BCUT2D eigenvalue weighted by molar-refractivity contribution is 8.05. The second kappa shape index (κ2) is 42.2. The van der Waals surface area contributed by atoms with Crippen molar-refractivity contribution in [3.05, 3.63) is 105 Å². The fraction of sp³-hybridized carbons (Fsp3) is 0.634. The molecule has 2 atom stereocenters. The van der Waals surface area contributed by atoms with Crippen LogP contribution in [0.25, 0.3) is 12.2 Å². The maximum absolute atomic E-state index is 12.1. The van der Waals surface area contributed by atoms with E-state index in [4.69, 9.17) is 9.47 Å². The van der Waals surface area contributed by atoms with Crippen LogP contribution in [0.4, 0.5) is 0 Å². The normalized spacial score (nSPS) is 15.8. The minimum Gasteiger partial charge on any atom is -0.447 e. The number of benzene rings is 2. The summed E-state index contributed by atoms with van der Waals surface area (Å²) in [6, 6.07) is 17.4. The Morgan fingerprint density at radius 2 is 0.807 bits per heavy atom. The number of allylic oxidation sites excluding steroid dienone is 2. The predicted octanol–water partition coefficient (Wildman–Crippen LogP) is 20.4. The number of hydrogen-bond donors (Lipinski definition) is 0. The molecule has 2 unspecified atom stereocenters. The first-order valence-electron chi connectivity index (χ1n) is 28.3. The van der Waals surface area contributed by atoms with Gasteiger partial charge in [-0.25, -0.2) is 9.59 Å². The number of esters is 2. The highest BCUT2D eigenvalue weighted by Gasteiger charge is 2.48. The van der Waals surface area contributed by atoms with E-state index >= 15 is 0 Å². The van der Waals surface area contributed by atoms with Crippen molar-refractivity contribution in [2.45, 2.75) is 288 Å². The Balaban J connectivity index is -0.000000169. The molecule has 12 heteroatoms. The number of carbonyl (C=O) groups is 6. The third kappa shape index (κ3) is 34.8. The summed E-state index contributed by atoms with van der Waals surface area (Å²) in [5.74, 6) is -1.65. The number of aryl methyl sites for hydroxylation is 2. The Labute approximate surface area is 520 Å². The molecule has 4 amide bonds. The second-order valence-electron chi connectivity index (χ2n) is 24.6. The summed E-state index contributed by atoms with van der Waals surface area (Å²) in [5.41, 5.74) is 3.76. The van der Waals surface area contributed by atoms with Crippen molar-refractivity contribution in [2.24, 2.45) is 10.8 Å². The highest BCUT2D eigenvalue weighted by Crippen LogP contribution is 2.38. The van der Waals surface area contributed by atoms with Crippen molar-refractivity contribution in [1.29, 1.82) is 0 Å². The molecule has 0 spiro atoms. The fourth-order valence-electron chi connectivity index (χ4n) is 7.13. The van der Waals surface area contributed by atoms with Gasteiger partial charge in [0, 0.05) is 43.6 Å².